The van der Waals surface area contributed by atoms with Crippen molar-refractivity contribution in [3.05, 3.63) is 57.8 Å². The van der Waals surface area contributed by atoms with E-state index < -0.39 is 40.4 Å². The molecule has 2 aromatic rings. The first-order valence-electron chi connectivity index (χ1n) is 5.38. The lowest BCUT2D eigenvalue weighted by Gasteiger charge is -2.06. The maximum atomic E-state index is 13.5. The SMILES string of the molecule is Cc1cc(C(=O)c2c(F)c(F)c(F)c(F)c2F)c(C)o1. The third-order valence-electron chi connectivity index (χ3n) is 2.72. The number of carbonyl (C=O) groups is 1. The Morgan fingerprint density at radius 2 is 1.35 bits per heavy atom. The molecule has 0 saturated carbocycles. The molecule has 106 valence electrons. The van der Waals surface area contributed by atoms with E-state index in [1.54, 1.807) is 0 Å². The number of carbonyl (C=O) groups excluding carboxylic acids is 1. The van der Waals surface area contributed by atoms with Crippen molar-refractivity contribution < 1.29 is 31.2 Å². The molecule has 0 amide bonds. The summed E-state index contributed by atoms with van der Waals surface area (Å²) in [6.07, 6.45) is 0. The minimum Gasteiger partial charge on any atom is -0.466 e. The molecule has 0 aliphatic heterocycles. The summed E-state index contributed by atoms with van der Waals surface area (Å²) in [5, 5.41) is 0. The number of aryl methyl sites for hydroxylation is 2. The Kier molecular flexibility index (Phi) is 3.37. The monoisotopic (exact) mass is 290 g/mol. The highest BCUT2D eigenvalue weighted by atomic mass is 19.2. The summed E-state index contributed by atoms with van der Waals surface area (Å²) in [6, 6.07) is 1.16. The van der Waals surface area contributed by atoms with Gasteiger partial charge in [-0.1, -0.05) is 0 Å². The number of furan rings is 1. The molecule has 0 saturated heterocycles. The van der Waals surface area contributed by atoms with Crippen LogP contribution in [0.5, 0.6) is 0 Å². The Bertz CT molecular complexity index is 689. The lowest BCUT2D eigenvalue weighted by atomic mass is 10.0. The van der Waals surface area contributed by atoms with Gasteiger partial charge in [0.05, 0.1) is 5.56 Å². The fourth-order valence-electron chi connectivity index (χ4n) is 1.80. The second-order valence-electron chi connectivity index (χ2n) is 4.10. The van der Waals surface area contributed by atoms with E-state index in [1.165, 1.54) is 13.8 Å². The zero-order valence-corrected chi connectivity index (χ0v) is 10.3. The van der Waals surface area contributed by atoms with E-state index in [2.05, 4.69) is 0 Å². The molecule has 2 rings (SSSR count). The lowest BCUT2D eigenvalue weighted by molar-refractivity contribution is 0.102. The van der Waals surface area contributed by atoms with Crippen LogP contribution in [0.4, 0.5) is 22.0 Å². The molecule has 7 heteroatoms. The van der Waals surface area contributed by atoms with Gasteiger partial charge in [-0.05, 0) is 19.9 Å². The molecule has 1 heterocycles. The van der Waals surface area contributed by atoms with Gasteiger partial charge in [-0.25, -0.2) is 22.0 Å². The second-order valence-corrected chi connectivity index (χ2v) is 4.10. The molecule has 0 aliphatic rings. The van der Waals surface area contributed by atoms with Crippen LogP contribution >= 0.6 is 0 Å². The van der Waals surface area contributed by atoms with Gasteiger partial charge in [-0.15, -0.1) is 0 Å². The normalized spacial score (nSPS) is 10.9. The van der Waals surface area contributed by atoms with Crippen LogP contribution in [0.1, 0.15) is 27.4 Å². The van der Waals surface area contributed by atoms with Gasteiger partial charge in [-0.3, -0.25) is 4.79 Å². The van der Waals surface area contributed by atoms with Crippen LogP contribution in [0.25, 0.3) is 0 Å². The zero-order chi connectivity index (χ0) is 15.2. The molecule has 0 fully saturated rings. The number of hydrogen-bond acceptors (Lipinski definition) is 2. The minimum atomic E-state index is -2.31. The highest BCUT2D eigenvalue weighted by Gasteiger charge is 2.31. The van der Waals surface area contributed by atoms with E-state index in [0.717, 1.165) is 6.07 Å². The molecular weight excluding hydrogens is 283 g/mol. The Morgan fingerprint density at radius 1 is 0.900 bits per heavy atom. The quantitative estimate of drug-likeness (QED) is 0.364. The molecule has 0 spiro atoms. The van der Waals surface area contributed by atoms with Crippen LogP contribution in [0.3, 0.4) is 0 Å². The van der Waals surface area contributed by atoms with Crippen LogP contribution in [-0.4, -0.2) is 5.78 Å². The highest BCUT2D eigenvalue weighted by molar-refractivity contribution is 6.10. The zero-order valence-electron chi connectivity index (χ0n) is 10.3. The molecule has 0 aliphatic carbocycles. The first kappa shape index (κ1) is 14.2. The maximum absolute atomic E-state index is 13.5. The summed E-state index contributed by atoms with van der Waals surface area (Å²) in [4.78, 5) is 11.9. The lowest BCUT2D eigenvalue weighted by Crippen LogP contribution is -2.13. The van der Waals surface area contributed by atoms with Gasteiger partial charge in [0.2, 0.25) is 11.6 Å². The Hall–Kier alpha value is -2.18. The smallest absolute Gasteiger partial charge is 0.202 e. The van der Waals surface area contributed by atoms with Gasteiger partial charge >= 0.3 is 0 Å². The second kappa shape index (κ2) is 4.73. The Labute approximate surface area is 109 Å². The van der Waals surface area contributed by atoms with Gasteiger partial charge in [0, 0.05) is 0 Å². The number of rotatable bonds is 2. The van der Waals surface area contributed by atoms with Crippen LogP contribution in [-0.2, 0) is 0 Å². The predicted octanol–water partition coefficient (Wildman–Crippen LogP) is 3.82. The molecule has 0 N–H and O–H groups in total. The van der Waals surface area contributed by atoms with E-state index in [-0.39, 0.29) is 17.1 Å². The molecule has 0 atom stereocenters. The summed E-state index contributed by atoms with van der Waals surface area (Å²) in [5.41, 5.74) is -1.75. The van der Waals surface area contributed by atoms with Crippen molar-refractivity contribution in [2.75, 3.05) is 0 Å². The molecule has 20 heavy (non-hydrogen) atoms. The standard InChI is InChI=1S/C13H7F5O2/c1-4-3-6(5(2)20-4)13(19)7-8(14)10(16)12(18)11(17)9(7)15/h3H,1-2H3. The van der Waals surface area contributed by atoms with E-state index in [0.29, 0.717) is 0 Å². The number of ketones is 1. The third kappa shape index (κ3) is 1.99. The average molecular weight is 290 g/mol. The summed E-state index contributed by atoms with van der Waals surface area (Å²) in [7, 11) is 0. The fraction of sp³-hybridized carbons (Fsp3) is 0.154. The Balaban J connectivity index is 2.70. The molecule has 0 bridgehead atoms. The van der Waals surface area contributed by atoms with Gasteiger partial charge < -0.3 is 4.42 Å². The van der Waals surface area contributed by atoms with Gasteiger partial charge in [0.1, 0.15) is 17.1 Å². The summed E-state index contributed by atoms with van der Waals surface area (Å²) >= 11 is 0. The van der Waals surface area contributed by atoms with E-state index >= 15 is 0 Å². The first-order valence-corrected chi connectivity index (χ1v) is 5.38. The molecule has 0 unspecified atom stereocenters. The largest absolute Gasteiger partial charge is 0.466 e. The molecular formula is C13H7F5O2. The molecule has 1 aromatic carbocycles. The van der Waals surface area contributed by atoms with E-state index in [1.807, 2.05) is 0 Å². The third-order valence-corrected chi connectivity index (χ3v) is 2.72. The average Bonchev–Trinajstić information content (AvgIpc) is 2.73. The van der Waals surface area contributed by atoms with Gasteiger partial charge in [0.15, 0.2) is 23.3 Å². The minimum absolute atomic E-state index is 0.0245. The van der Waals surface area contributed by atoms with Crippen molar-refractivity contribution in [2.45, 2.75) is 13.8 Å². The number of benzene rings is 1. The highest BCUT2D eigenvalue weighted by Crippen LogP contribution is 2.27. The van der Waals surface area contributed by atoms with Crippen molar-refractivity contribution in [1.29, 1.82) is 0 Å². The first-order chi connectivity index (χ1) is 9.25. The number of halogens is 5. The summed E-state index contributed by atoms with van der Waals surface area (Å²) < 4.78 is 71.0. The molecule has 2 nitrogen and oxygen atoms in total. The Morgan fingerprint density at radius 3 is 1.75 bits per heavy atom. The maximum Gasteiger partial charge on any atom is 0.202 e. The summed E-state index contributed by atoms with van der Waals surface area (Å²) in [5.74, 6) is -12.0. The van der Waals surface area contributed by atoms with Crippen molar-refractivity contribution >= 4 is 5.78 Å². The van der Waals surface area contributed by atoms with E-state index in [9.17, 15) is 26.7 Å². The topological polar surface area (TPSA) is 30.2 Å². The van der Waals surface area contributed by atoms with Crippen molar-refractivity contribution in [3.8, 4) is 0 Å². The van der Waals surface area contributed by atoms with Crippen molar-refractivity contribution in [1.82, 2.24) is 0 Å². The predicted molar refractivity (Wildman–Crippen MR) is 57.8 cm³/mol. The van der Waals surface area contributed by atoms with Crippen LogP contribution in [0, 0.1) is 42.9 Å². The van der Waals surface area contributed by atoms with Crippen molar-refractivity contribution in [2.24, 2.45) is 0 Å². The summed E-state index contributed by atoms with van der Waals surface area (Å²) in [6.45, 7) is 2.81. The van der Waals surface area contributed by atoms with Crippen LogP contribution in [0.2, 0.25) is 0 Å². The van der Waals surface area contributed by atoms with Crippen LogP contribution < -0.4 is 0 Å². The number of hydrogen-bond donors (Lipinski definition) is 0. The van der Waals surface area contributed by atoms with Gasteiger partial charge in [-0.2, -0.15) is 0 Å². The van der Waals surface area contributed by atoms with E-state index in [4.69, 9.17) is 4.42 Å². The van der Waals surface area contributed by atoms with Crippen LogP contribution in [0.15, 0.2) is 10.5 Å². The van der Waals surface area contributed by atoms with Crippen molar-refractivity contribution in [3.63, 3.8) is 0 Å². The molecule has 0 radical (unpaired) electrons. The molecule has 1 aromatic heterocycles. The fourth-order valence-corrected chi connectivity index (χ4v) is 1.80. The van der Waals surface area contributed by atoms with Gasteiger partial charge in [0.25, 0.3) is 0 Å².